The van der Waals surface area contributed by atoms with Crippen molar-refractivity contribution in [1.82, 2.24) is 15.1 Å². The normalized spacial score (nSPS) is 25.4. The lowest BCUT2D eigenvalue weighted by atomic mass is 10.1. The first kappa shape index (κ1) is 16.0. The summed E-state index contributed by atoms with van der Waals surface area (Å²) in [6.45, 7) is 3.36. The van der Waals surface area contributed by atoms with E-state index >= 15 is 0 Å². The predicted octanol–water partition coefficient (Wildman–Crippen LogP) is 1.53. The van der Waals surface area contributed by atoms with Crippen molar-refractivity contribution in [2.75, 3.05) is 13.2 Å². The van der Waals surface area contributed by atoms with Crippen LogP contribution in [0.4, 0.5) is 0 Å². The summed E-state index contributed by atoms with van der Waals surface area (Å²) in [6, 6.07) is 0.225. The molecule has 7 nitrogen and oxygen atoms in total. The molecule has 1 aromatic heterocycles. The van der Waals surface area contributed by atoms with Gasteiger partial charge in [0.25, 0.3) is 5.91 Å². The van der Waals surface area contributed by atoms with Crippen LogP contribution in [0.1, 0.15) is 54.2 Å². The molecule has 2 atom stereocenters. The largest absolute Gasteiger partial charge is 0.481 e. The third-order valence-corrected chi connectivity index (χ3v) is 4.94. The highest BCUT2D eigenvalue weighted by molar-refractivity contribution is 5.95. The molecule has 0 radical (unpaired) electrons. The first-order valence-corrected chi connectivity index (χ1v) is 8.21. The second kappa shape index (κ2) is 6.70. The number of aliphatic carboxylic acids is 1. The summed E-state index contributed by atoms with van der Waals surface area (Å²) in [4.78, 5) is 23.5. The summed E-state index contributed by atoms with van der Waals surface area (Å²) in [5, 5.41) is 16.4. The molecule has 0 bridgehead atoms. The minimum absolute atomic E-state index is 0.0607. The van der Waals surface area contributed by atoms with Crippen LogP contribution in [0.3, 0.4) is 0 Å². The second-order valence-electron chi connectivity index (χ2n) is 6.45. The maximum atomic E-state index is 12.5. The molecule has 1 amide bonds. The van der Waals surface area contributed by atoms with E-state index < -0.39 is 5.97 Å². The molecule has 3 rings (SSSR count). The van der Waals surface area contributed by atoms with E-state index in [1.54, 1.807) is 6.20 Å². The Kier molecular flexibility index (Phi) is 4.66. The lowest BCUT2D eigenvalue weighted by Crippen LogP contribution is -2.33. The van der Waals surface area contributed by atoms with Gasteiger partial charge in [-0.2, -0.15) is 5.10 Å². The number of nitrogens with zero attached hydrogens (tertiary/aromatic N) is 2. The van der Waals surface area contributed by atoms with Crippen LogP contribution in [0, 0.1) is 12.8 Å². The van der Waals surface area contributed by atoms with Crippen molar-refractivity contribution < 1.29 is 19.4 Å². The molecular formula is C16H23N3O4. The van der Waals surface area contributed by atoms with Crippen LogP contribution in [-0.4, -0.2) is 46.0 Å². The molecule has 23 heavy (non-hydrogen) atoms. The molecule has 2 N–H and O–H groups in total. The lowest BCUT2D eigenvalue weighted by Gasteiger charge is -2.23. The summed E-state index contributed by atoms with van der Waals surface area (Å²) in [5.41, 5.74) is 1.44. The van der Waals surface area contributed by atoms with Crippen molar-refractivity contribution in [3.05, 3.63) is 17.5 Å². The zero-order valence-corrected chi connectivity index (χ0v) is 13.3. The predicted molar refractivity (Wildman–Crippen MR) is 82.3 cm³/mol. The molecule has 1 aliphatic carbocycles. The highest BCUT2D eigenvalue weighted by atomic mass is 16.5. The van der Waals surface area contributed by atoms with Gasteiger partial charge in [-0.05, 0) is 39.0 Å². The molecule has 126 valence electrons. The van der Waals surface area contributed by atoms with E-state index in [4.69, 9.17) is 9.84 Å². The number of aromatic nitrogens is 2. The van der Waals surface area contributed by atoms with Crippen molar-refractivity contribution >= 4 is 11.9 Å². The highest BCUT2D eigenvalue weighted by Crippen LogP contribution is 2.27. The van der Waals surface area contributed by atoms with Crippen LogP contribution >= 0.6 is 0 Å². The quantitative estimate of drug-likeness (QED) is 0.877. The van der Waals surface area contributed by atoms with Gasteiger partial charge in [0, 0.05) is 24.9 Å². The molecule has 1 saturated carbocycles. The van der Waals surface area contributed by atoms with E-state index in [9.17, 15) is 9.59 Å². The SMILES string of the molecule is Cc1c(C(=O)N[C@H]2CC[C@@H](C(=O)O)C2)cnn1C1CCOCC1. The Morgan fingerprint density at radius 3 is 2.70 bits per heavy atom. The van der Waals surface area contributed by atoms with E-state index in [1.807, 2.05) is 11.6 Å². The zero-order chi connectivity index (χ0) is 16.4. The van der Waals surface area contributed by atoms with Crippen molar-refractivity contribution in [3.8, 4) is 0 Å². The van der Waals surface area contributed by atoms with Gasteiger partial charge in [-0.3, -0.25) is 14.3 Å². The molecule has 1 saturated heterocycles. The van der Waals surface area contributed by atoms with Crippen LogP contribution < -0.4 is 5.32 Å². The number of nitrogens with one attached hydrogen (secondary N) is 1. The Hall–Kier alpha value is -1.89. The van der Waals surface area contributed by atoms with Gasteiger partial charge in [-0.1, -0.05) is 0 Å². The Balaban J connectivity index is 1.64. The third kappa shape index (κ3) is 3.39. The zero-order valence-electron chi connectivity index (χ0n) is 13.3. The number of carbonyl (C=O) groups is 2. The van der Waals surface area contributed by atoms with Gasteiger partial charge in [0.2, 0.25) is 0 Å². The van der Waals surface area contributed by atoms with Crippen LogP contribution in [0.25, 0.3) is 0 Å². The molecule has 2 aliphatic rings. The Labute approximate surface area is 135 Å². The molecular weight excluding hydrogens is 298 g/mol. The Morgan fingerprint density at radius 2 is 2.04 bits per heavy atom. The first-order chi connectivity index (χ1) is 11.1. The van der Waals surface area contributed by atoms with E-state index in [0.717, 1.165) is 38.2 Å². The van der Waals surface area contributed by atoms with Crippen LogP contribution in [0.15, 0.2) is 6.20 Å². The van der Waals surface area contributed by atoms with Crippen LogP contribution in [0.2, 0.25) is 0 Å². The molecule has 7 heteroatoms. The first-order valence-electron chi connectivity index (χ1n) is 8.21. The van der Waals surface area contributed by atoms with Gasteiger partial charge in [0.15, 0.2) is 0 Å². The van der Waals surface area contributed by atoms with Gasteiger partial charge in [0.05, 0.1) is 23.7 Å². The smallest absolute Gasteiger partial charge is 0.306 e. The fraction of sp³-hybridized carbons (Fsp3) is 0.688. The number of carboxylic acid groups (broad SMARTS) is 1. The minimum Gasteiger partial charge on any atom is -0.481 e. The highest BCUT2D eigenvalue weighted by Gasteiger charge is 2.31. The number of carbonyl (C=O) groups excluding carboxylic acids is 1. The van der Waals surface area contributed by atoms with Crippen molar-refractivity contribution in [2.24, 2.45) is 5.92 Å². The number of amides is 1. The van der Waals surface area contributed by atoms with Gasteiger partial charge in [-0.25, -0.2) is 0 Å². The molecule has 1 aromatic rings. The monoisotopic (exact) mass is 321 g/mol. The lowest BCUT2D eigenvalue weighted by molar-refractivity contribution is -0.141. The van der Waals surface area contributed by atoms with Crippen LogP contribution in [0.5, 0.6) is 0 Å². The van der Waals surface area contributed by atoms with Crippen molar-refractivity contribution in [1.29, 1.82) is 0 Å². The van der Waals surface area contributed by atoms with E-state index in [2.05, 4.69) is 10.4 Å². The number of rotatable bonds is 4. The number of hydrogen-bond acceptors (Lipinski definition) is 4. The molecule has 1 aliphatic heterocycles. The van der Waals surface area contributed by atoms with Gasteiger partial charge >= 0.3 is 5.97 Å². The van der Waals surface area contributed by atoms with E-state index in [1.165, 1.54) is 0 Å². The summed E-state index contributed by atoms with van der Waals surface area (Å²) >= 11 is 0. The van der Waals surface area contributed by atoms with Gasteiger partial charge < -0.3 is 15.2 Å². The van der Waals surface area contributed by atoms with Gasteiger partial charge in [-0.15, -0.1) is 0 Å². The average molecular weight is 321 g/mol. The molecule has 0 unspecified atom stereocenters. The summed E-state index contributed by atoms with van der Waals surface area (Å²) in [6.07, 6.45) is 5.29. The Bertz CT molecular complexity index is 592. The fourth-order valence-corrected chi connectivity index (χ4v) is 3.54. The third-order valence-electron chi connectivity index (χ3n) is 4.94. The molecule has 0 aromatic carbocycles. The van der Waals surface area contributed by atoms with Gasteiger partial charge in [0.1, 0.15) is 0 Å². The summed E-state index contributed by atoms with van der Waals surface area (Å²) < 4.78 is 7.29. The maximum Gasteiger partial charge on any atom is 0.306 e. The summed E-state index contributed by atoms with van der Waals surface area (Å²) in [7, 11) is 0. The fourth-order valence-electron chi connectivity index (χ4n) is 3.54. The number of ether oxygens (including phenoxy) is 1. The number of carboxylic acids is 1. The number of hydrogen-bond donors (Lipinski definition) is 2. The van der Waals surface area contributed by atoms with Crippen molar-refractivity contribution in [2.45, 2.75) is 51.1 Å². The molecule has 0 spiro atoms. The van der Waals surface area contributed by atoms with E-state index in [-0.39, 0.29) is 23.9 Å². The average Bonchev–Trinajstić information content (AvgIpc) is 3.15. The van der Waals surface area contributed by atoms with Crippen LogP contribution in [-0.2, 0) is 9.53 Å². The standard InChI is InChI=1S/C16H23N3O4/c1-10-14(9-17-19(10)13-4-6-23-7-5-13)15(20)18-12-3-2-11(8-12)16(21)22/h9,11-13H,2-8H2,1H3,(H,18,20)(H,21,22)/t11-,12+/m1/s1. The minimum atomic E-state index is -0.773. The summed E-state index contributed by atoms with van der Waals surface area (Å²) in [5.74, 6) is -1.27. The molecule has 2 fully saturated rings. The maximum absolute atomic E-state index is 12.5. The second-order valence-corrected chi connectivity index (χ2v) is 6.45. The Morgan fingerprint density at radius 1 is 1.30 bits per heavy atom. The topological polar surface area (TPSA) is 93.5 Å². The van der Waals surface area contributed by atoms with E-state index in [0.29, 0.717) is 18.4 Å². The van der Waals surface area contributed by atoms with Crippen molar-refractivity contribution in [3.63, 3.8) is 0 Å². The molecule has 2 heterocycles.